The zero-order valence-corrected chi connectivity index (χ0v) is 14.6. The third-order valence-corrected chi connectivity index (χ3v) is 4.27. The molecule has 0 aliphatic carbocycles. The monoisotopic (exact) mass is 370 g/mol. The van der Waals surface area contributed by atoms with Gasteiger partial charge in [0.15, 0.2) is 11.2 Å². The van der Waals surface area contributed by atoms with Crippen LogP contribution in [0.2, 0.25) is 0 Å². The Morgan fingerprint density at radius 3 is 2.65 bits per heavy atom. The van der Waals surface area contributed by atoms with Gasteiger partial charge in [-0.1, -0.05) is 36.4 Å². The van der Waals surface area contributed by atoms with Crippen molar-refractivity contribution in [3.05, 3.63) is 71.4 Å². The molecule has 132 valence electrons. The number of anilines is 1. The lowest BCUT2D eigenvalue weighted by Crippen LogP contribution is -2.30. The van der Waals surface area contributed by atoms with Gasteiger partial charge in [-0.2, -0.15) is 0 Å². The molecule has 0 saturated heterocycles. The molecule has 3 aromatic rings. The number of aromatic nitrogens is 1. The molecule has 5 nitrogen and oxygen atoms in total. The predicted octanol–water partition coefficient (Wildman–Crippen LogP) is 4.13. The van der Waals surface area contributed by atoms with Crippen LogP contribution in [-0.4, -0.2) is 23.0 Å². The van der Waals surface area contributed by atoms with E-state index in [-0.39, 0.29) is 5.56 Å². The molecule has 1 amide bonds. The Balaban J connectivity index is 1.61. The highest BCUT2D eigenvalue weighted by molar-refractivity contribution is 7.14. The number of amides is 1. The number of esters is 1. The normalized spacial score (nSPS) is 11.6. The minimum absolute atomic E-state index is 0.0465. The molecule has 3 rings (SSSR count). The van der Waals surface area contributed by atoms with Crippen LogP contribution >= 0.6 is 11.3 Å². The fraction of sp³-hybridized carbons (Fsp3) is 0.105. The molecule has 26 heavy (non-hydrogen) atoms. The average molecular weight is 370 g/mol. The van der Waals surface area contributed by atoms with E-state index in [0.717, 1.165) is 17.3 Å². The summed E-state index contributed by atoms with van der Waals surface area (Å²) in [5.41, 5.74) is 1.73. The largest absolute Gasteiger partial charge is 0.449 e. The van der Waals surface area contributed by atoms with Crippen molar-refractivity contribution in [3.8, 4) is 11.3 Å². The molecule has 0 radical (unpaired) electrons. The zero-order chi connectivity index (χ0) is 18.5. The lowest BCUT2D eigenvalue weighted by molar-refractivity contribution is -0.123. The first-order valence-electron chi connectivity index (χ1n) is 7.81. The standard InChI is InChI=1S/C19H15FN2O3S/c1-12(25-18(24)14-8-5-9-15(20)10-14)17(23)22-19-21-16(11-26-19)13-6-3-2-4-7-13/h2-12H,1H3,(H,21,22,23)/t12-/m0/s1. The molecule has 0 aliphatic heterocycles. The van der Waals surface area contributed by atoms with Gasteiger partial charge in [0.05, 0.1) is 11.3 Å². The van der Waals surface area contributed by atoms with Crippen LogP contribution in [0.5, 0.6) is 0 Å². The molecule has 1 atom stereocenters. The molecule has 0 aliphatic rings. The van der Waals surface area contributed by atoms with Crippen LogP contribution in [0.3, 0.4) is 0 Å². The fourth-order valence-electron chi connectivity index (χ4n) is 2.18. The summed E-state index contributed by atoms with van der Waals surface area (Å²) < 4.78 is 18.2. The third-order valence-electron chi connectivity index (χ3n) is 3.52. The van der Waals surface area contributed by atoms with Crippen molar-refractivity contribution >= 4 is 28.3 Å². The van der Waals surface area contributed by atoms with Crippen LogP contribution in [0.1, 0.15) is 17.3 Å². The predicted molar refractivity (Wildman–Crippen MR) is 97.5 cm³/mol. The van der Waals surface area contributed by atoms with Crippen molar-refractivity contribution in [1.29, 1.82) is 0 Å². The highest BCUT2D eigenvalue weighted by Crippen LogP contribution is 2.24. The van der Waals surface area contributed by atoms with E-state index in [1.54, 1.807) is 0 Å². The Morgan fingerprint density at radius 1 is 1.15 bits per heavy atom. The molecule has 1 N–H and O–H groups in total. The quantitative estimate of drug-likeness (QED) is 0.686. The summed E-state index contributed by atoms with van der Waals surface area (Å²) in [6.45, 7) is 1.44. The number of carbonyl (C=O) groups excluding carboxylic acids is 2. The first kappa shape index (κ1) is 17.8. The minimum atomic E-state index is -1.05. The van der Waals surface area contributed by atoms with Crippen LogP contribution in [0, 0.1) is 5.82 Å². The van der Waals surface area contributed by atoms with Crippen LogP contribution in [0.4, 0.5) is 9.52 Å². The number of halogens is 1. The van der Waals surface area contributed by atoms with Gasteiger partial charge in [-0.3, -0.25) is 10.1 Å². The van der Waals surface area contributed by atoms with Gasteiger partial charge in [0.2, 0.25) is 0 Å². The summed E-state index contributed by atoms with van der Waals surface area (Å²) in [7, 11) is 0. The van der Waals surface area contributed by atoms with Crippen LogP contribution in [0.15, 0.2) is 60.0 Å². The second-order valence-electron chi connectivity index (χ2n) is 5.45. The lowest BCUT2D eigenvalue weighted by Gasteiger charge is -2.12. The highest BCUT2D eigenvalue weighted by Gasteiger charge is 2.20. The van der Waals surface area contributed by atoms with E-state index in [9.17, 15) is 14.0 Å². The molecule has 0 spiro atoms. The van der Waals surface area contributed by atoms with E-state index in [1.807, 2.05) is 35.7 Å². The van der Waals surface area contributed by atoms with E-state index in [2.05, 4.69) is 10.3 Å². The molecular formula is C19H15FN2O3S. The van der Waals surface area contributed by atoms with Crippen molar-refractivity contribution in [1.82, 2.24) is 4.98 Å². The first-order chi connectivity index (χ1) is 12.5. The van der Waals surface area contributed by atoms with Crippen molar-refractivity contribution < 1.29 is 18.7 Å². The number of nitrogens with zero attached hydrogens (tertiary/aromatic N) is 1. The SMILES string of the molecule is C[C@H](OC(=O)c1cccc(F)c1)C(=O)Nc1nc(-c2ccccc2)cs1. The summed E-state index contributed by atoms with van der Waals surface area (Å²) in [5, 5.41) is 4.85. The van der Waals surface area contributed by atoms with Crippen LogP contribution in [0.25, 0.3) is 11.3 Å². The summed E-state index contributed by atoms with van der Waals surface area (Å²) in [4.78, 5) is 28.5. The van der Waals surface area contributed by atoms with Crippen molar-refractivity contribution in [3.63, 3.8) is 0 Å². The minimum Gasteiger partial charge on any atom is -0.449 e. The lowest BCUT2D eigenvalue weighted by atomic mass is 10.2. The smallest absolute Gasteiger partial charge is 0.339 e. The van der Waals surface area contributed by atoms with Crippen molar-refractivity contribution in [2.75, 3.05) is 5.32 Å². The van der Waals surface area contributed by atoms with E-state index < -0.39 is 23.8 Å². The molecule has 0 unspecified atom stereocenters. The average Bonchev–Trinajstić information content (AvgIpc) is 3.11. The Bertz CT molecular complexity index is 927. The second kappa shape index (κ2) is 7.88. The number of thiazole rings is 1. The van der Waals surface area contributed by atoms with Gasteiger partial charge in [0.25, 0.3) is 5.91 Å². The Kier molecular flexibility index (Phi) is 5.38. The fourth-order valence-corrected chi connectivity index (χ4v) is 2.90. The van der Waals surface area contributed by atoms with Gasteiger partial charge in [0.1, 0.15) is 5.82 Å². The van der Waals surface area contributed by atoms with E-state index >= 15 is 0 Å². The Labute approximate surface area is 153 Å². The van der Waals surface area contributed by atoms with Gasteiger partial charge in [0, 0.05) is 10.9 Å². The zero-order valence-electron chi connectivity index (χ0n) is 13.8. The van der Waals surface area contributed by atoms with Crippen molar-refractivity contribution in [2.24, 2.45) is 0 Å². The molecule has 1 heterocycles. The Hall–Kier alpha value is -3.06. The molecule has 0 saturated carbocycles. The first-order valence-corrected chi connectivity index (χ1v) is 8.69. The number of rotatable bonds is 5. The Morgan fingerprint density at radius 2 is 1.92 bits per heavy atom. The van der Waals surface area contributed by atoms with Crippen molar-refractivity contribution in [2.45, 2.75) is 13.0 Å². The summed E-state index contributed by atoms with van der Waals surface area (Å²) >= 11 is 1.27. The van der Waals surface area contributed by atoms with E-state index in [4.69, 9.17) is 4.74 Å². The molecular weight excluding hydrogens is 355 g/mol. The van der Waals surface area contributed by atoms with Gasteiger partial charge in [-0.05, 0) is 25.1 Å². The number of hydrogen-bond acceptors (Lipinski definition) is 5. The molecule has 2 aromatic carbocycles. The molecule has 0 bridgehead atoms. The maximum absolute atomic E-state index is 13.2. The van der Waals surface area contributed by atoms with Crippen LogP contribution < -0.4 is 5.32 Å². The molecule has 1 aromatic heterocycles. The molecule has 0 fully saturated rings. The number of nitrogens with one attached hydrogen (secondary N) is 1. The molecule has 7 heteroatoms. The third kappa shape index (κ3) is 4.31. The number of benzene rings is 2. The van der Waals surface area contributed by atoms with E-state index in [0.29, 0.717) is 5.13 Å². The highest BCUT2D eigenvalue weighted by atomic mass is 32.1. The maximum atomic E-state index is 13.2. The number of carbonyl (C=O) groups is 2. The maximum Gasteiger partial charge on any atom is 0.339 e. The topological polar surface area (TPSA) is 68.3 Å². The number of ether oxygens (including phenoxy) is 1. The summed E-state index contributed by atoms with van der Waals surface area (Å²) in [5.74, 6) is -1.83. The summed E-state index contributed by atoms with van der Waals surface area (Å²) in [6.07, 6.45) is -1.05. The number of hydrogen-bond donors (Lipinski definition) is 1. The van der Waals surface area contributed by atoms with Gasteiger partial charge >= 0.3 is 5.97 Å². The van der Waals surface area contributed by atoms with Gasteiger partial charge in [-0.25, -0.2) is 14.2 Å². The van der Waals surface area contributed by atoms with Crippen LogP contribution in [-0.2, 0) is 9.53 Å². The second-order valence-corrected chi connectivity index (χ2v) is 6.31. The summed E-state index contributed by atoms with van der Waals surface area (Å²) in [6, 6.07) is 14.7. The van der Waals surface area contributed by atoms with Gasteiger partial charge in [-0.15, -0.1) is 11.3 Å². The van der Waals surface area contributed by atoms with Gasteiger partial charge < -0.3 is 4.74 Å². The van der Waals surface area contributed by atoms with E-state index in [1.165, 1.54) is 36.5 Å².